The van der Waals surface area contributed by atoms with Crippen molar-refractivity contribution < 1.29 is 13.2 Å². The van der Waals surface area contributed by atoms with E-state index < -0.39 is 10.0 Å². The van der Waals surface area contributed by atoms with Crippen LogP contribution in [0.3, 0.4) is 0 Å². The number of carbonyl (C=O) groups is 1. The highest BCUT2D eigenvalue weighted by molar-refractivity contribution is 7.89. The minimum absolute atomic E-state index is 0.210. The average Bonchev–Trinajstić information content (AvgIpc) is 3.28. The molecule has 0 radical (unpaired) electrons. The van der Waals surface area contributed by atoms with Gasteiger partial charge in [0.05, 0.1) is 4.90 Å². The smallest absolute Gasteiger partial charge is 0.255 e. The molecule has 0 spiro atoms. The van der Waals surface area contributed by atoms with E-state index in [0.717, 1.165) is 19.6 Å². The van der Waals surface area contributed by atoms with Gasteiger partial charge in [0.2, 0.25) is 10.0 Å². The number of amides is 1. The molecule has 1 N–H and O–H groups in total. The number of hydrogen-bond acceptors (Lipinski definition) is 5. The molecule has 0 bridgehead atoms. The first-order valence-corrected chi connectivity index (χ1v) is 12.3. The Morgan fingerprint density at radius 2 is 1.73 bits per heavy atom. The Morgan fingerprint density at radius 1 is 1.10 bits per heavy atom. The molecule has 8 heteroatoms. The van der Waals surface area contributed by atoms with Gasteiger partial charge in [0, 0.05) is 36.1 Å². The molecular weight excluding hydrogens is 418 g/mol. The van der Waals surface area contributed by atoms with E-state index in [2.05, 4.69) is 22.8 Å². The predicted octanol–water partition coefficient (Wildman–Crippen LogP) is 3.34. The van der Waals surface area contributed by atoms with Crippen molar-refractivity contribution in [2.45, 2.75) is 30.7 Å². The second-order valence-electron chi connectivity index (χ2n) is 7.54. The van der Waals surface area contributed by atoms with Gasteiger partial charge in [-0.15, -0.1) is 0 Å². The maximum absolute atomic E-state index is 13.3. The Morgan fingerprint density at radius 3 is 2.33 bits per heavy atom. The number of thiol groups is 1. The van der Waals surface area contributed by atoms with Gasteiger partial charge in [-0.25, -0.2) is 8.42 Å². The largest absolute Gasteiger partial charge is 0.322 e. The summed E-state index contributed by atoms with van der Waals surface area (Å²) >= 11 is 4.32. The Bertz CT molecular complexity index is 928. The van der Waals surface area contributed by atoms with E-state index in [9.17, 15) is 13.2 Å². The van der Waals surface area contributed by atoms with Gasteiger partial charge in [-0.1, -0.05) is 18.2 Å². The number of nitrogens with one attached hydrogen (secondary N) is 1. The molecule has 0 aromatic heterocycles. The fraction of sp³-hybridized carbons (Fsp3) is 0.409. The van der Waals surface area contributed by atoms with Crippen LogP contribution in [-0.4, -0.2) is 61.5 Å². The van der Waals surface area contributed by atoms with E-state index in [1.54, 1.807) is 48.5 Å². The summed E-state index contributed by atoms with van der Waals surface area (Å²) in [5, 5.41) is 2.80. The van der Waals surface area contributed by atoms with Crippen LogP contribution in [0.15, 0.2) is 59.5 Å². The number of anilines is 1. The summed E-state index contributed by atoms with van der Waals surface area (Å²) in [6.45, 7) is 5.10. The minimum atomic E-state index is -3.66. The SMILES string of the molecule is C[C@H](CS)N(CCN1CCCC1)S(=O)(=O)c1ccc(NC(=O)c2ccccc2)cc1. The van der Waals surface area contributed by atoms with Crippen molar-refractivity contribution in [2.24, 2.45) is 0 Å². The number of hydrogen-bond donors (Lipinski definition) is 2. The highest BCUT2D eigenvalue weighted by Crippen LogP contribution is 2.22. The van der Waals surface area contributed by atoms with Crippen molar-refractivity contribution in [3.63, 3.8) is 0 Å². The molecule has 1 atom stereocenters. The monoisotopic (exact) mass is 447 g/mol. The second kappa shape index (κ2) is 10.4. The van der Waals surface area contributed by atoms with E-state index in [0.29, 0.717) is 23.5 Å². The molecule has 1 saturated heterocycles. The molecule has 2 aromatic rings. The molecule has 1 aliphatic rings. The number of rotatable bonds is 9. The quantitative estimate of drug-likeness (QED) is 0.579. The number of carbonyl (C=O) groups excluding carboxylic acids is 1. The van der Waals surface area contributed by atoms with E-state index in [1.165, 1.54) is 17.1 Å². The summed E-state index contributed by atoms with van der Waals surface area (Å²) < 4.78 is 28.1. The molecule has 1 aliphatic heterocycles. The third-order valence-electron chi connectivity index (χ3n) is 5.35. The van der Waals surface area contributed by atoms with Gasteiger partial charge in [0.1, 0.15) is 0 Å². The molecule has 1 heterocycles. The van der Waals surface area contributed by atoms with Gasteiger partial charge in [0.15, 0.2) is 0 Å². The fourth-order valence-corrected chi connectivity index (χ4v) is 5.48. The number of sulfonamides is 1. The molecule has 1 amide bonds. The van der Waals surface area contributed by atoms with Crippen LogP contribution >= 0.6 is 12.6 Å². The summed E-state index contributed by atoms with van der Waals surface area (Å²) in [4.78, 5) is 14.8. The minimum Gasteiger partial charge on any atom is -0.322 e. The van der Waals surface area contributed by atoms with Crippen molar-refractivity contribution in [2.75, 3.05) is 37.2 Å². The Balaban J connectivity index is 1.72. The van der Waals surface area contributed by atoms with Crippen molar-refractivity contribution in [1.82, 2.24) is 9.21 Å². The Labute approximate surface area is 184 Å². The number of likely N-dealkylation sites (tertiary alicyclic amines) is 1. The molecule has 2 aromatic carbocycles. The van der Waals surface area contributed by atoms with Crippen LogP contribution in [0, 0.1) is 0 Å². The molecular formula is C22H29N3O3S2. The van der Waals surface area contributed by atoms with Gasteiger partial charge in [-0.3, -0.25) is 4.79 Å². The number of benzene rings is 2. The predicted molar refractivity (Wildman–Crippen MR) is 124 cm³/mol. The molecule has 6 nitrogen and oxygen atoms in total. The maximum atomic E-state index is 13.3. The second-order valence-corrected chi connectivity index (χ2v) is 9.80. The van der Waals surface area contributed by atoms with Crippen LogP contribution in [-0.2, 0) is 10.0 Å². The summed E-state index contributed by atoms with van der Waals surface area (Å²) in [7, 11) is -3.66. The van der Waals surface area contributed by atoms with Crippen LogP contribution in [0.1, 0.15) is 30.1 Å². The lowest BCUT2D eigenvalue weighted by Crippen LogP contribution is -2.43. The van der Waals surface area contributed by atoms with E-state index in [4.69, 9.17) is 0 Å². The zero-order valence-electron chi connectivity index (χ0n) is 17.2. The third-order valence-corrected chi connectivity index (χ3v) is 7.90. The van der Waals surface area contributed by atoms with E-state index in [1.807, 2.05) is 13.0 Å². The molecule has 30 heavy (non-hydrogen) atoms. The van der Waals surface area contributed by atoms with E-state index >= 15 is 0 Å². The summed E-state index contributed by atoms with van der Waals surface area (Å²) in [5.74, 6) is 0.215. The van der Waals surface area contributed by atoms with Gasteiger partial charge in [0.25, 0.3) is 5.91 Å². The molecule has 0 aliphatic carbocycles. The molecule has 0 saturated carbocycles. The van der Waals surface area contributed by atoms with Crippen LogP contribution < -0.4 is 5.32 Å². The standard InChI is InChI=1S/C22H29N3O3S2/c1-18(17-29)25(16-15-24-13-5-6-14-24)30(27,28)21-11-9-20(10-12-21)23-22(26)19-7-3-2-4-8-19/h2-4,7-12,18,29H,5-6,13-17H2,1H3,(H,23,26)/t18-/m1/s1. The highest BCUT2D eigenvalue weighted by atomic mass is 32.2. The first-order chi connectivity index (χ1) is 14.4. The molecule has 162 valence electrons. The summed E-state index contributed by atoms with van der Waals surface area (Å²) in [5.41, 5.74) is 1.10. The average molecular weight is 448 g/mol. The lowest BCUT2D eigenvalue weighted by molar-refractivity contribution is 0.102. The third kappa shape index (κ3) is 5.63. The zero-order chi connectivity index (χ0) is 21.6. The zero-order valence-corrected chi connectivity index (χ0v) is 18.9. The summed E-state index contributed by atoms with van der Waals surface area (Å²) in [6, 6.07) is 15.0. The molecule has 0 unspecified atom stereocenters. The van der Waals surface area contributed by atoms with Crippen molar-refractivity contribution in [1.29, 1.82) is 0 Å². The lowest BCUT2D eigenvalue weighted by atomic mass is 10.2. The topological polar surface area (TPSA) is 69.7 Å². The highest BCUT2D eigenvalue weighted by Gasteiger charge is 2.29. The van der Waals surface area contributed by atoms with Crippen molar-refractivity contribution in [3.05, 3.63) is 60.2 Å². The Kier molecular flexibility index (Phi) is 7.93. The first-order valence-electron chi connectivity index (χ1n) is 10.2. The van der Waals surface area contributed by atoms with Gasteiger partial charge in [-0.2, -0.15) is 16.9 Å². The van der Waals surface area contributed by atoms with Gasteiger partial charge < -0.3 is 10.2 Å². The summed E-state index contributed by atoms with van der Waals surface area (Å²) in [6.07, 6.45) is 2.34. The van der Waals surface area contributed by atoms with Crippen LogP contribution in [0.5, 0.6) is 0 Å². The van der Waals surface area contributed by atoms with E-state index in [-0.39, 0.29) is 16.8 Å². The van der Waals surface area contributed by atoms with Crippen LogP contribution in [0.4, 0.5) is 5.69 Å². The van der Waals surface area contributed by atoms with Gasteiger partial charge >= 0.3 is 0 Å². The molecule has 1 fully saturated rings. The van der Waals surface area contributed by atoms with Crippen molar-refractivity contribution >= 4 is 34.2 Å². The molecule has 3 rings (SSSR count). The number of nitrogens with zero attached hydrogens (tertiary/aromatic N) is 2. The normalized spacial score (nSPS) is 16.0. The maximum Gasteiger partial charge on any atom is 0.255 e. The fourth-order valence-electron chi connectivity index (χ4n) is 3.55. The van der Waals surface area contributed by atoms with Crippen molar-refractivity contribution in [3.8, 4) is 0 Å². The van der Waals surface area contributed by atoms with Crippen LogP contribution in [0.25, 0.3) is 0 Å². The van der Waals surface area contributed by atoms with Gasteiger partial charge in [-0.05, 0) is 69.3 Å². The Hall–Kier alpha value is -1.87. The first kappa shape index (κ1) is 22.8. The van der Waals surface area contributed by atoms with Crippen LogP contribution in [0.2, 0.25) is 0 Å². The lowest BCUT2D eigenvalue weighted by Gasteiger charge is -2.29.